The summed E-state index contributed by atoms with van der Waals surface area (Å²) in [5.74, 6) is 1.69. The number of likely N-dealkylation sites (N-methyl/N-ethyl adjacent to an activating group) is 1. The summed E-state index contributed by atoms with van der Waals surface area (Å²) in [6, 6.07) is 4.65. The molecule has 6 heteroatoms. The van der Waals surface area contributed by atoms with Gasteiger partial charge in [0.25, 0.3) is 0 Å². The standard InChI is InChI=1S/C23H28N2O4/c1-13(24-26)15-12-21-7-8-23(15,28-4)20-22(21)9-10-25(2)17(21)11-14-5-6-16(27-3)19(29-20)18(14)22/h5-8,17,20,24,26H,9-12H2,1-4H3/t17-,20-,21-,22+,23-/m1/s1. The zero-order valence-corrected chi connectivity index (χ0v) is 17.4. The van der Waals surface area contributed by atoms with Crippen molar-refractivity contribution < 1.29 is 19.4 Å². The zero-order valence-electron chi connectivity index (χ0n) is 17.4. The lowest BCUT2D eigenvalue weighted by molar-refractivity contribution is -0.160. The number of nitrogens with zero attached hydrogens (tertiary/aromatic N) is 1. The number of nitrogens with one attached hydrogen (secondary N) is 1. The van der Waals surface area contributed by atoms with E-state index in [4.69, 9.17) is 14.2 Å². The Morgan fingerprint density at radius 1 is 1.31 bits per heavy atom. The predicted molar refractivity (Wildman–Crippen MR) is 107 cm³/mol. The maximum Gasteiger partial charge on any atom is 0.166 e. The van der Waals surface area contributed by atoms with Gasteiger partial charge in [-0.05, 0) is 63.1 Å². The van der Waals surface area contributed by atoms with Gasteiger partial charge in [-0.25, -0.2) is 0 Å². The number of ether oxygens (including phenoxy) is 3. The Hall–Kier alpha value is -2.02. The van der Waals surface area contributed by atoms with Gasteiger partial charge in [0.15, 0.2) is 11.5 Å². The van der Waals surface area contributed by atoms with Gasteiger partial charge < -0.3 is 19.1 Å². The monoisotopic (exact) mass is 396 g/mol. The largest absolute Gasteiger partial charge is 0.493 e. The van der Waals surface area contributed by atoms with E-state index < -0.39 is 5.60 Å². The summed E-state index contributed by atoms with van der Waals surface area (Å²) in [6.45, 7) is 2.96. The van der Waals surface area contributed by atoms with Crippen molar-refractivity contribution in [3.8, 4) is 11.5 Å². The van der Waals surface area contributed by atoms with Crippen molar-refractivity contribution in [2.45, 2.75) is 49.3 Å². The van der Waals surface area contributed by atoms with Crippen LogP contribution < -0.4 is 15.0 Å². The number of benzene rings is 1. The molecule has 0 amide bonds. The number of piperidine rings is 1. The fourth-order valence-corrected chi connectivity index (χ4v) is 7.49. The highest BCUT2D eigenvalue weighted by Crippen LogP contribution is 2.74. The van der Waals surface area contributed by atoms with Crippen LogP contribution in [0.2, 0.25) is 0 Å². The molecular formula is C23H28N2O4. The summed E-state index contributed by atoms with van der Waals surface area (Å²) < 4.78 is 18.8. The van der Waals surface area contributed by atoms with Gasteiger partial charge in [-0.1, -0.05) is 12.1 Å². The minimum atomic E-state index is -0.708. The van der Waals surface area contributed by atoms with Gasteiger partial charge >= 0.3 is 0 Å². The predicted octanol–water partition coefficient (Wildman–Crippen LogP) is 2.55. The third-order valence-electron chi connectivity index (χ3n) is 8.70. The van der Waals surface area contributed by atoms with Crippen molar-refractivity contribution in [2.75, 3.05) is 27.8 Å². The average molecular weight is 396 g/mol. The van der Waals surface area contributed by atoms with E-state index in [9.17, 15) is 5.21 Å². The van der Waals surface area contributed by atoms with Crippen molar-refractivity contribution in [1.82, 2.24) is 10.4 Å². The molecule has 1 saturated carbocycles. The van der Waals surface area contributed by atoms with Crippen LogP contribution in [0.3, 0.4) is 0 Å². The Morgan fingerprint density at radius 3 is 2.86 bits per heavy atom. The van der Waals surface area contributed by atoms with E-state index in [1.54, 1.807) is 14.2 Å². The van der Waals surface area contributed by atoms with Crippen molar-refractivity contribution in [3.63, 3.8) is 0 Å². The number of allylic oxidation sites excluding steroid dienone is 1. The van der Waals surface area contributed by atoms with E-state index >= 15 is 0 Å². The quantitative estimate of drug-likeness (QED) is 0.605. The van der Waals surface area contributed by atoms with Crippen molar-refractivity contribution in [2.24, 2.45) is 5.41 Å². The Bertz CT molecular complexity index is 987. The number of hydrogen-bond donors (Lipinski definition) is 2. The molecule has 2 N–H and O–H groups in total. The highest BCUT2D eigenvalue weighted by molar-refractivity contribution is 5.67. The van der Waals surface area contributed by atoms with Crippen molar-refractivity contribution >= 4 is 0 Å². The first kappa shape index (κ1) is 17.8. The molecule has 2 heterocycles. The molecule has 1 aromatic carbocycles. The van der Waals surface area contributed by atoms with Gasteiger partial charge in [0.1, 0.15) is 11.7 Å². The van der Waals surface area contributed by atoms with Crippen LogP contribution in [0.4, 0.5) is 0 Å². The summed E-state index contributed by atoms with van der Waals surface area (Å²) in [5, 5.41) is 9.78. The second-order valence-corrected chi connectivity index (χ2v) is 9.31. The first-order chi connectivity index (χ1) is 14.0. The van der Waals surface area contributed by atoms with E-state index in [-0.39, 0.29) is 16.9 Å². The molecule has 0 unspecified atom stereocenters. The fourth-order valence-electron chi connectivity index (χ4n) is 7.49. The van der Waals surface area contributed by atoms with Gasteiger partial charge in [0.05, 0.1) is 12.5 Å². The molecule has 154 valence electrons. The van der Waals surface area contributed by atoms with Crippen LogP contribution in [0.15, 0.2) is 35.6 Å². The van der Waals surface area contributed by atoms with Gasteiger partial charge in [-0.3, -0.25) is 10.7 Å². The topological polar surface area (TPSA) is 63.2 Å². The summed E-state index contributed by atoms with van der Waals surface area (Å²) in [7, 11) is 5.71. The normalized spacial score (nSPS) is 42.4. The molecule has 2 aliphatic heterocycles. The Labute approximate surface area is 171 Å². The number of fused-ring (bicyclic) bond motifs is 1. The average Bonchev–Trinajstić information content (AvgIpc) is 3.12. The van der Waals surface area contributed by atoms with Gasteiger partial charge in [0, 0.05) is 29.8 Å². The SMILES string of the molecule is COc1ccc2c3c1O[C@@H]1[C@]34CCN(C)[C@H](C2)[C@]42C=C[C@@]1(OC)C(=C(C)NO)C2. The molecule has 2 spiro atoms. The molecule has 6 aliphatic rings. The molecule has 4 bridgehead atoms. The van der Waals surface area contributed by atoms with Crippen LogP contribution in [-0.2, 0) is 16.6 Å². The van der Waals surface area contributed by atoms with E-state index in [2.05, 4.69) is 35.6 Å². The van der Waals surface area contributed by atoms with Crippen LogP contribution in [0.1, 0.15) is 30.9 Å². The Kier molecular flexibility index (Phi) is 3.29. The molecule has 0 radical (unpaired) electrons. The molecule has 29 heavy (non-hydrogen) atoms. The van der Waals surface area contributed by atoms with Crippen molar-refractivity contribution in [1.29, 1.82) is 0 Å². The minimum absolute atomic E-state index is 0.0942. The van der Waals surface area contributed by atoms with Crippen LogP contribution in [-0.4, -0.2) is 55.7 Å². The summed E-state index contributed by atoms with van der Waals surface area (Å²) in [4.78, 5) is 2.52. The van der Waals surface area contributed by atoms with Crippen LogP contribution in [0.5, 0.6) is 11.5 Å². The molecule has 6 nitrogen and oxygen atoms in total. The highest BCUT2D eigenvalue weighted by atomic mass is 16.6. The van der Waals surface area contributed by atoms with Crippen LogP contribution in [0.25, 0.3) is 0 Å². The Balaban J connectivity index is 1.73. The van der Waals surface area contributed by atoms with E-state index in [0.717, 1.165) is 48.6 Å². The van der Waals surface area contributed by atoms with Crippen molar-refractivity contribution in [3.05, 3.63) is 46.7 Å². The molecule has 7 rings (SSSR count). The van der Waals surface area contributed by atoms with E-state index in [1.165, 1.54) is 11.1 Å². The molecule has 1 saturated heterocycles. The first-order valence-electron chi connectivity index (χ1n) is 10.4. The molecule has 5 atom stereocenters. The second-order valence-electron chi connectivity index (χ2n) is 9.31. The lowest BCUT2D eigenvalue weighted by atomic mass is 9.38. The number of hydroxylamine groups is 1. The smallest absolute Gasteiger partial charge is 0.166 e. The molecule has 0 aromatic heterocycles. The van der Waals surface area contributed by atoms with Gasteiger partial charge in [-0.2, -0.15) is 0 Å². The summed E-state index contributed by atoms with van der Waals surface area (Å²) in [6.07, 6.45) is 7.30. The third-order valence-corrected chi connectivity index (χ3v) is 8.70. The lowest BCUT2D eigenvalue weighted by Gasteiger charge is -2.70. The number of rotatable bonds is 3. The maximum absolute atomic E-state index is 9.78. The zero-order chi connectivity index (χ0) is 20.2. The van der Waals surface area contributed by atoms with Crippen LogP contribution >= 0.6 is 0 Å². The summed E-state index contributed by atoms with van der Waals surface area (Å²) >= 11 is 0. The molecule has 4 aliphatic carbocycles. The third kappa shape index (κ3) is 1.66. The lowest BCUT2D eigenvalue weighted by Crippen LogP contribution is -2.77. The fraction of sp³-hybridized carbons (Fsp3) is 0.565. The Morgan fingerprint density at radius 2 is 2.14 bits per heavy atom. The molecule has 1 aromatic rings. The summed E-state index contributed by atoms with van der Waals surface area (Å²) in [5.41, 5.74) is 6.01. The minimum Gasteiger partial charge on any atom is -0.493 e. The highest BCUT2D eigenvalue weighted by Gasteiger charge is 2.78. The van der Waals surface area contributed by atoms with Gasteiger partial charge in [0.2, 0.25) is 0 Å². The molecule has 2 fully saturated rings. The number of likely N-dealkylation sites (tertiary alicyclic amines) is 1. The number of methoxy groups -OCH3 is 2. The van der Waals surface area contributed by atoms with Gasteiger partial charge in [-0.15, -0.1) is 0 Å². The maximum atomic E-state index is 9.78. The number of hydrogen-bond acceptors (Lipinski definition) is 6. The van der Waals surface area contributed by atoms with Crippen LogP contribution in [0, 0.1) is 5.41 Å². The molecular weight excluding hydrogens is 368 g/mol. The van der Waals surface area contributed by atoms with E-state index in [0.29, 0.717) is 6.04 Å². The first-order valence-corrected chi connectivity index (χ1v) is 10.4. The van der Waals surface area contributed by atoms with E-state index in [1.807, 2.05) is 13.0 Å². The second kappa shape index (κ2) is 5.36.